The molecule has 12 heteroatoms. The molecule has 0 bridgehead atoms. The molecular formula is C24H27N3O6S3. The number of ether oxygens (including phenoxy) is 3. The summed E-state index contributed by atoms with van der Waals surface area (Å²) in [6.07, 6.45) is 0.182. The Balaban J connectivity index is 1.48. The molecule has 0 spiro atoms. The number of aromatic nitrogens is 1. The van der Waals surface area contributed by atoms with Gasteiger partial charge >= 0.3 is 11.9 Å². The third kappa shape index (κ3) is 5.72. The van der Waals surface area contributed by atoms with E-state index in [2.05, 4.69) is 4.98 Å². The van der Waals surface area contributed by atoms with Gasteiger partial charge in [0.2, 0.25) is 5.91 Å². The van der Waals surface area contributed by atoms with Crippen molar-refractivity contribution in [3.63, 3.8) is 0 Å². The molecule has 0 radical (unpaired) electrons. The fourth-order valence-electron chi connectivity index (χ4n) is 3.74. The highest BCUT2D eigenvalue weighted by molar-refractivity contribution is 8.01. The zero-order valence-electron chi connectivity index (χ0n) is 20.1. The third-order valence-corrected chi connectivity index (χ3v) is 9.41. The number of amides is 1. The molecule has 36 heavy (non-hydrogen) atoms. The van der Waals surface area contributed by atoms with E-state index in [1.807, 2.05) is 19.1 Å². The molecule has 1 aromatic carbocycles. The molecule has 2 aromatic rings. The van der Waals surface area contributed by atoms with Crippen molar-refractivity contribution in [3.05, 3.63) is 51.7 Å². The lowest BCUT2D eigenvalue weighted by Crippen LogP contribution is -2.68. The number of rotatable bonds is 10. The number of carbonyl (C=O) groups is 3. The van der Waals surface area contributed by atoms with Crippen LogP contribution in [-0.4, -0.2) is 64.4 Å². The molecule has 1 fully saturated rings. The maximum Gasteiger partial charge on any atom is 0.355 e. The number of methoxy groups -OCH3 is 1. The van der Waals surface area contributed by atoms with Gasteiger partial charge in [-0.1, -0.05) is 23.9 Å². The van der Waals surface area contributed by atoms with E-state index in [4.69, 9.17) is 19.9 Å². The maximum atomic E-state index is 13.2. The number of nitrogens with two attached hydrogens (primary N) is 1. The van der Waals surface area contributed by atoms with E-state index in [9.17, 15) is 14.4 Å². The molecule has 2 aliphatic heterocycles. The molecule has 4 rings (SSSR count). The summed E-state index contributed by atoms with van der Waals surface area (Å²) in [5.74, 6) is 0.604. The lowest BCUT2D eigenvalue weighted by Gasteiger charge is -2.48. The quantitative estimate of drug-likeness (QED) is 0.269. The van der Waals surface area contributed by atoms with Gasteiger partial charge in [-0.2, -0.15) is 0 Å². The van der Waals surface area contributed by atoms with Crippen molar-refractivity contribution >= 4 is 52.7 Å². The van der Waals surface area contributed by atoms with Gasteiger partial charge in [-0.25, -0.2) is 9.78 Å². The first-order valence-electron chi connectivity index (χ1n) is 11.3. The zero-order valence-corrected chi connectivity index (χ0v) is 22.6. The SMILES string of the molecule is CCOC(=O)Cc1sc(SCC2=C(C(=O)OCc3ccc(OC)cc3)N3C(=O)C(N)[C@H]3SC2)nc1C. The number of benzene rings is 1. The van der Waals surface area contributed by atoms with E-state index in [1.54, 1.807) is 26.2 Å². The summed E-state index contributed by atoms with van der Waals surface area (Å²) in [4.78, 5) is 44.5. The number of nitrogens with zero attached hydrogens (tertiary/aromatic N) is 2. The Hall–Kier alpha value is -2.54. The summed E-state index contributed by atoms with van der Waals surface area (Å²) in [5, 5.41) is -0.270. The van der Waals surface area contributed by atoms with E-state index in [1.165, 1.54) is 39.8 Å². The number of thiazole rings is 1. The highest BCUT2D eigenvalue weighted by Gasteiger charge is 2.52. The molecule has 2 aliphatic rings. The maximum absolute atomic E-state index is 13.2. The third-order valence-electron chi connectivity index (χ3n) is 5.66. The molecule has 2 atom stereocenters. The fourth-order valence-corrected chi connectivity index (χ4v) is 7.39. The Labute approximate surface area is 221 Å². The van der Waals surface area contributed by atoms with Gasteiger partial charge in [0, 0.05) is 16.4 Å². The summed E-state index contributed by atoms with van der Waals surface area (Å²) >= 11 is 4.44. The number of fused-ring (bicyclic) bond motifs is 1. The summed E-state index contributed by atoms with van der Waals surface area (Å²) in [6.45, 7) is 4.04. The zero-order chi connectivity index (χ0) is 25.8. The van der Waals surface area contributed by atoms with Crippen LogP contribution >= 0.6 is 34.9 Å². The molecule has 9 nitrogen and oxygen atoms in total. The van der Waals surface area contributed by atoms with Crippen molar-refractivity contribution in [2.45, 2.75) is 42.6 Å². The van der Waals surface area contributed by atoms with Crippen molar-refractivity contribution in [1.82, 2.24) is 9.88 Å². The lowest BCUT2D eigenvalue weighted by atomic mass is 10.0. The molecule has 0 aliphatic carbocycles. The number of esters is 2. The van der Waals surface area contributed by atoms with Crippen LogP contribution in [0.25, 0.3) is 0 Å². The van der Waals surface area contributed by atoms with Crippen molar-refractivity contribution in [2.75, 3.05) is 25.2 Å². The van der Waals surface area contributed by atoms with Gasteiger partial charge in [0.1, 0.15) is 29.5 Å². The minimum Gasteiger partial charge on any atom is -0.497 e. The minimum atomic E-state index is -0.624. The molecule has 1 unspecified atom stereocenters. The number of thioether (sulfide) groups is 2. The van der Waals surface area contributed by atoms with Crippen LogP contribution < -0.4 is 10.5 Å². The van der Waals surface area contributed by atoms with Gasteiger partial charge in [-0.05, 0) is 37.1 Å². The standard InChI is InChI=1S/C24H27N3O6S3/c1-4-32-18(28)9-17-13(2)26-24(36-17)35-12-15-11-34-22-19(25)21(29)27(22)20(15)23(30)33-10-14-5-7-16(31-3)8-6-14/h5-8,19,22H,4,9-12,25H2,1-3H3/t19?,22-/m1/s1. The number of β-lactam (4-membered cyclic amide) rings is 1. The smallest absolute Gasteiger partial charge is 0.355 e. The van der Waals surface area contributed by atoms with Crippen molar-refractivity contribution in [3.8, 4) is 5.75 Å². The molecule has 192 valence electrons. The van der Waals surface area contributed by atoms with Crippen molar-refractivity contribution < 1.29 is 28.6 Å². The molecular weight excluding hydrogens is 522 g/mol. The first kappa shape index (κ1) is 26.5. The van der Waals surface area contributed by atoms with Gasteiger partial charge in [0.15, 0.2) is 4.34 Å². The van der Waals surface area contributed by atoms with E-state index in [0.717, 1.165) is 26.0 Å². The Morgan fingerprint density at radius 3 is 2.69 bits per heavy atom. The highest BCUT2D eigenvalue weighted by Crippen LogP contribution is 2.41. The lowest BCUT2D eigenvalue weighted by molar-refractivity contribution is -0.151. The van der Waals surface area contributed by atoms with Crippen LogP contribution in [0.3, 0.4) is 0 Å². The number of hydrogen-bond donors (Lipinski definition) is 1. The predicted molar refractivity (Wildman–Crippen MR) is 139 cm³/mol. The molecule has 1 aromatic heterocycles. The highest BCUT2D eigenvalue weighted by atomic mass is 32.2. The van der Waals surface area contributed by atoms with Crippen LogP contribution in [-0.2, 0) is 36.9 Å². The second-order valence-corrected chi connectivity index (χ2v) is 11.5. The second kappa shape index (κ2) is 11.7. The fraction of sp³-hybridized carbons (Fsp3) is 0.417. The van der Waals surface area contributed by atoms with Crippen LogP contribution in [0, 0.1) is 6.92 Å². The van der Waals surface area contributed by atoms with Gasteiger partial charge < -0.3 is 19.9 Å². The summed E-state index contributed by atoms with van der Waals surface area (Å²) < 4.78 is 16.6. The Bertz CT molecular complexity index is 1180. The Morgan fingerprint density at radius 1 is 1.25 bits per heavy atom. The van der Waals surface area contributed by atoms with E-state index < -0.39 is 12.0 Å². The van der Waals surface area contributed by atoms with E-state index in [-0.39, 0.29) is 36.0 Å². The Morgan fingerprint density at radius 2 is 2.00 bits per heavy atom. The molecule has 1 amide bonds. The predicted octanol–water partition coefficient (Wildman–Crippen LogP) is 2.90. The van der Waals surface area contributed by atoms with Crippen LogP contribution in [0.4, 0.5) is 0 Å². The Kier molecular flexibility index (Phi) is 8.60. The van der Waals surface area contributed by atoms with Crippen LogP contribution in [0.5, 0.6) is 5.75 Å². The van der Waals surface area contributed by atoms with Crippen molar-refractivity contribution in [1.29, 1.82) is 0 Å². The molecule has 3 heterocycles. The second-order valence-electron chi connectivity index (χ2n) is 8.07. The summed E-state index contributed by atoms with van der Waals surface area (Å²) in [5.41, 5.74) is 8.62. The minimum absolute atomic E-state index is 0.0710. The number of aryl methyl sites for hydroxylation is 1. The van der Waals surface area contributed by atoms with Gasteiger partial charge in [0.25, 0.3) is 0 Å². The van der Waals surface area contributed by atoms with Crippen molar-refractivity contribution in [2.24, 2.45) is 5.73 Å². The number of carbonyl (C=O) groups excluding carboxylic acids is 3. The molecule has 1 saturated heterocycles. The average Bonchev–Trinajstić information content (AvgIpc) is 3.23. The monoisotopic (exact) mass is 549 g/mol. The number of hydrogen-bond acceptors (Lipinski definition) is 11. The van der Waals surface area contributed by atoms with Gasteiger partial charge in [-0.15, -0.1) is 23.1 Å². The average molecular weight is 550 g/mol. The molecule has 2 N–H and O–H groups in total. The van der Waals surface area contributed by atoms with Crippen LogP contribution in [0.15, 0.2) is 39.9 Å². The van der Waals surface area contributed by atoms with Crippen LogP contribution in [0.2, 0.25) is 0 Å². The van der Waals surface area contributed by atoms with E-state index in [0.29, 0.717) is 23.9 Å². The normalized spacial score (nSPS) is 19.0. The van der Waals surface area contributed by atoms with Gasteiger partial charge in [-0.3, -0.25) is 14.5 Å². The molecule has 0 saturated carbocycles. The first-order chi connectivity index (χ1) is 17.3. The van der Waals surface area contributed by atoms with Gasteiger partial charge in [0.05, 0.1) is 25.8 Å². The first-order valence-corrected chi connectivity index (χ1v) is 14.1. The summed E-state index contributed by atoms with van der Waals surface area (Å²) in [7, 11) is 1.58. The summed E-state index contributed by atoms with van der Waals surface area (Å²) in [6, 6.07) is 6.60. The van der Waals surface area contributed by atoms with E-state index >= 15 is 0 Å². The largest absolute Gasteiger partial charge is 0.497 e. The topological polar surface area (TPSA) is 121 Å². The van der Waals surface area contributed by atoms with Crippen LogP contribution in [0.1, 0.15) is 23.1 Å².